The Kier molecular flexibility index (Phi) is 4.08. The fourth-order valence-electron chi connectivity index (χ4n) is 1.60. The lowest BCUT2D eigenvalue weighted by molar-refractivity contribution is 0.102. The van der Waals surface area contributed by atoms with Gasteiger partial charge in [0.2, 0.25) is 10.0 Å². The monoisotopic (exact) mass is 310 g/mol. The van der Waals surface area contributed by atoms with Crippen LogP contribution in [0.5, 0.6) is 0 Å². The van der Waals surface area contributed by atoms with Crippen LogP contribution in [0.4, 0.5) is 5.69 Å². The average Bonchev–Trinajstić information content (AvgIpc) is 2.38. The molecule has 1 amide bonds. The van der Waals surface area contributed by atoms with Gasteiger partial charge in [0.1, 0.15) is 4.90 Å². The van der Waals surface area contributed by atoms with Gasteiger partial charge in [0.05, 0.1) is 5.02 Å². The van der Waals surface area contributed by atoms with Crippen molar-refractivity contribution in [2.24, 2.45) is 5.14 Å². The van der Waals surface area contributed by atoms with Gasteiger partial charge >= 0.3 is 0 Å². The summed E-state index contributed by atoms with van der Waals surface area (Å²) in [6.07, 6.45) is 0. The van der Waals surface area contributed by atoms with Crippen molar-refractivity contribution >= 4 is 33.2 Å². The van der Waals surface area contributed by atoms with Crippen molar-refractivity contribution in [2.45, 2.75) is 4.90 Å². The molecule has 0 unspecified atom stereocenters. The van der Waals surface area contributed by atoms with Crippen LogP contribution in [0.1, 0.15) is 10.4 Å². The van der Waals surface area contributed by atoms with E-state index in [1.165, 1.54) is 18.2 Å². The number of nitrogens with two attached hydrogens (primary N) is 1. The van der Waals surface area contributed by atoms with E-state index in [1.807, 2.05) is 0 Å². The number of benzene rings is 2. The molecule has 0 bridgehead atoms. The van der Waals surface area contributed by atoms with Crippen molar-refractivity contribution in [1.82, 2.24) is 0 Å². The summed E-state index contributed by atoms with van der Waals surface area (Å²) in [7, 11) is -3.88. The lowest BCUT2D eigenvalue weighted by Crippen LogP contribution is -2.14. The smallest absolute Gasteiger partial charge is 0.255 e. The van der Waals surface area contributed by atoms with E-state index in [9.17, 15) is 13.2 Å². The summed E-state index contributed by atoms with van der Waals surface area (Å²) in [5.41, 5.74) is 0.871. The van der Waals surface area contributed by atoms with E-state index in [2.05, 4.69) is 5.32 Å². The third-order valence-electron chi connectivity index (χ3n) is 2.53. The number of anilines is 1. The molecule has 0 saturated carbocycles. The predicted molar refractivity (Wildman–Crippen MR) is 77.2 cm³/mol. The minimum absolute atomic E-state index is 0.0432. The average molecular weight is 311 g/mol. The second kappa shape index (κ2) is 5.62. The summed E-state index contributed by atoms with van der Waals surface area (Å²) in [6, 6.07) is 12.6. The van der Waals surface area contributed by atoms with Crippen molar-refractivity contribution in [3.05, 3.63) is 59.1 Å². The Balaban J connectivity index is 2.24. The fraction of sp³-hybridized carbons (Fsp3) is 0. The molecule has 0 saturated heterocycles. The van der Waals surface area contributed by atoms with Crippen molar-refractivity contribution in [2.75, 3.05) is 5.32 Å². The Morgan fingerprint density at radius 3 is 2.30 bits per heavy atom. The molecule has 0 fully saturated rings. The van der Waals surface area contributed by atoms with Crippen LogP contribution in [0, 0.1) is 0 Å². The van der Waals surface area contributed by atoms with E-state index in [1.54, 1.807) is 30.3 Å². The first-order valence-electron chi connectivity index (χ1n) is 5.56. The van der Waals surface area contributed by atoms with E-state index < -0.39 is 10.0 Å². The zero-order valence-corrected chi connectivity index (χ0v) is 11.8. The fourth-order valence-corrected chi connectivity index (χ4v) is 2.69. The number of hydrogen-bond donors (Lipinski definition) is 2. The number of rotatable bonds is 3. The quantitative estimate of drug-likeness (QED) is 0.911. The van der Waals surface area contributed by atoms with Crippen LogP contribution in [0.2, 0.25) is 5.02 Å². The van der Waals surface area contributed by atoms with Gasteiger partial charge in [-0.2, -0.15) is 0 Å². The summed E-state index contributed by atoms with van der Waals surface area (Å²) in [5.74, 6) is -0.315. The first-order valence-corrected chi connectivity index (χ1v) is 7.49. The molecular weight excluding hydrogens is 300 g/mol. The summed E-state index contributed by atoms with van der Waals surface area (Å²) in [4.78, 5) is 11.7. The maximum atomic E-state index is 11.9. The van der Waals surface area contributed by atoms with E-state index >= 15 is 0 Å². The third kappa shape index (κ3) is 3.36. The Labute approximate surface area is 121 Å². The van der Waals surface area contributed by atoms with E-state index in [0.717, 1.165) is 0 Å². The van der Waals surface area contributed by atoms with Gasteiger partial charge in [0, 0.05) is 11.3 Å². The van der Waals surface area contributed by atoms with Crippen LogP contribution in [-0.4, -0.2) is 14.3 Å². The summed E-state index contributed by atoms with van der Waals surface area (Å²) in [5, 5.41) is 7.58. The first-order chi connectivity index (χ1) is 9.38. The van der Waals surface area contributed by atoms with E-state index in [4.69, 9.17) is 16.7 Å². The summed E-state index contributed by atoms with van der Waals surface area (Å²) < 4.78 is 22.4. The number of halogens is 1. The number of sulfonamides is 1. The molecule has 0 aliphatic rings. The zero-order valence-electron chi connectivity index (χ0n) is 10.2. The van der Waals surface area contributed by atoms with Gasteiger partial charge in [0.15, 0.2) is 0 Å². The van der Waals surface area contributed by atoms with Crippen LogP contribution < -0.4 is 10.5 Å². The third-order valence-corrected chi connectivity index (χ3v) is 3.93. The van der Waals surface area contributed by atoms with E-state index in [-0.39, 0.29) is 15.8 Å². The topological polar surface area (TPSA) is 89.3 Å². The van der Waals surface area contributed by atoms with Gasteiger partial charge in [-0.3, -0.25) is 4.79 Å². The molecule has 0 atom stereocenters. The molecule has 7 heteroatoms. The molecule has 0 radical (unpaired) electrons. The highest BCUT2D eigenvalue weighted by Gasteiger charge is 2.14. The summed E-state index contributed by atoms with van der Waals surface area (Å²) in [6.45, 7) is 0. The van der Waals surface area contributed by atoms with Gasteiger partial charge in [-0.1, -0.05) is 29.8 Å². The zero-order chi connectivity index (χ0) is 14.8. The van der Waals surface area contributed by atoms with Crippen molar-refractivity contribution in [1.29, 1.82) is 0 Å². The maximum absolute atomic E-state index is 11.9. The van der Waals surface area contributed by atoms with Crippen LogP contribution in [0.25, 0.3) is 0 Å². The molecule has 2 rings (SSSR count). The standard InChI is InChI=1S/C13H11ClN2O3S/c14-11-8-10(6-7-12(11)20(15,18)19)16-13(17)9-4-2-1-3-5-9/h1-8H,(H,16,17)(H2,15,18,19). The minimum atomic E-state index is -3.88. The molecule has 104 valence electrons. The molecule has 5 nitrogen and oxygen atoms in total. The Morgan fingerprint density at radius 2 is 1.75 bits per heavy atom. The molecule has 2 aromatic carbocycles. The second-order valence-corrected chi connectivity index (χ2v) is 5.95. The SMILES string of the molecule is NS(=O)(=O)c1ccc(NC(=O)c2ccccc2)cc1Cl. The number of primary sulfonamides is 1. The first kappa shape index (κ1) is 14.5. The number of carbonyl (C=O) groups excluding carboxylic acids is 1. The largest absolute Gasteiger partial charge is 0.322 e. The maximum Gasteiger partial charge on any atom is 0.255 e. The van der Waals surface area contributed by atoms with Crippen LogP contribution in [-0.2, 0) is 10.0 Å². The number of nitrogens with one attached hydrogen (secondary N) is 1. The van der Waals surface area contributed by atoms with Gasteiger partial charge in [0.25, 0.3) is 5.91 Å². The Hall–Kier alpha value is -1.89. The minimum Gasteiger partial charge on any atom is -0.322 e. The Morgan fingerprint density at radius 1 is 1.10 bits per heavy atom. The lowest BCUT2D eigenvalue weighted by Gasteiger charge is -2.07. The molecule has 2 aromatic rings. The molecule has 0 aliphatic heterocycles. The molecule has 0 aliphatic carbocycles. The summed E-state index contributed by atoms with van der Waals surface area (Å²) >= 11 is 5.83. The van der Waals surface area contributed by atoms with Crippen LogP contribution in [0.15, 0.2) is 53.4 Å². The van der Waals surface area contributed by atoms with Crippen molar-refractivity contribution in [3.8, 4) is 0 Å². The molecule has 0 aromatic heterocycles. The lowest BCUT2D eigenvalue weighted by atomic mass is 10.2. The highest BCUT2D eigenvalue weighted by molar-refractivity contribution is 7.89. The predicted octanol–water partition coefficient (Wildman–Crippen LogP) is 2.24. The number of carbonyl (C=O) groups is 1. The molecule has 3 N–H and O–H groups in total. The van der Waals surface area contributed by atoms with Gasteiger partial charge in [-0.15, -0.1) is 0 Å². The highest BCUT2D eigenvalue weighted by atomic mass is 35.5. The Bertz CT molecular complexity index is 745. The molecule has 0 spiro atoms. The normalized spacial score (nSPS) is 11.1. The second-order valence-electron chi connectivity index (χ2n) is 4.01. The van der Waals surface area contributed by atoms with Gasteiger partial charge in [-0.05, 0) is 30.3 Å². The molecule has 0 heterocycles. The van der Waals surface area contributed by atoms with Crippen molar-refractivity contribution < 1.29 is 13.2 Å². The van der Waals surface area contributed by atoms with Crippen LogP contribution >= 0.6 is 11.6 Å². The van der Waals surface area contributed by atoms with Gasteiger partial charge in [-0.25, -0.2) is 13.6 Å². The van der Waals surface area contributed by atoms with Gasteiger partial charge < -0.3 is 5.32 Å². The molecular formula is C13H11ClN2O3S. The number of amides is 1. The number of hydrogen-bond acceptors (Lipinski definition) is 3. The highest BCUT2D eigenvalue weighted by Crippen LogP contribution is 2.24. The van der Waals surface area contributed by atoms with E-state index in [0.29, 0.717) is 11.3 Å². The van der Waals surface area contributed by atoms with Crippen LogP contribution in [0.3, 0.4) is 0 Å². The van der Waals surface area contributed by atoms with Crippen molar-refractivity contribution in [3.63, 3.8) is 0 Å². The molecule has 20 heavy (non-hydrogen) atoms.